The Morgan fingerprint density at radius 1 is 0.339 bits per heavy atom. The minimum Gasteiger partial charge on any atom is -0.310 e. The average Bonchev–Trinajstić information content (AvgIpc) is 3.23. The zero-order chi connectivity index (χ0) is 37.8. The number of rotatable bonds is 2. The zero-order valence-electron chi connectivity index (χ0n) is 32.1. The van der Waals surface area contributed by atoms with Gasteiger partial charge >= 0.3 is 0 Å². The first kappa shape index (κ1) is 32.7. The number of aryl methyl sites for hydroxylation is 4. The van der Waals surface area contributed by atoms with E-state index in [1.165, 1.54) is 89.5 Å². The highest BCUT2D eigenvalue weighted by atomic mass is 15.2. The molecule has 0 N–H and O–H groups in total. The number of pyridine rings is 1. The summed E-state index contributed by atoms with van der Waals surface area (Å²) in [7, 11) is 0. The molecule has 0 amide bonds. The molecule has 268 valence electrons. The number of anilines is 6. The molecular formula is C53H41N3. The van der Waals surface area contributed by atoms with Crippen LogP contribution in [-0.2, 0) is 10.8 Å². The molecule has 3 nitrogen and oxygen atoms in total. The summed E-state index contributed by atoms with van der Waals surface area (Å²) < 4.78 is 0. The Morgan fingerprint density at radius 3 is 1.04 bits per heavy atom. The highest BCUT2D eigenvalue weighted by Crippen LogP contribution is 2.68. The van der Waals surface area contributed by atoms with Gasteiger partial charge in [0.2, 0.25) is 0 Å². The van der Waals surface area contributed by atoms with E-state index < -0.39 is 10.8 Å². The third-order valence-electron chi connectivity index (χ3n) is 12.6. The van der Waals surface area contributed by atoms with Crippen LogP contribution in [-0.4, -0.2) is 4.98 Å². The van der Waals surface area contributed by atoms with E-state index in [1.807, 2.05) is 18.5 Å². The van der Waals surface area contributed by atoms with E-state index in [0.29, 0.717) is 0 Å². The van der Waals surface area contributed by atoms with Crippen molar-refractivity contribution >= 4 is 34.1 Å². The van der Waals surface area contributed by atoms with Gasteiger partial charge in [0, 0.05) is 11.9 Å². The Hall–Kier alpha value is -6.71. The van der Waals surface area contributed by atoms with E-state index in [1.54, 1.807) is 0 Å². The molecule has 0 radical (unpaired) electrons. The summed E-state index contributed by atoms with van der Waals surface area (Å²) in [5.41, 5.74) is 21.1. The van der Waals surface area contributed by atoms with Crippen molar-refractivity contribution in [3.8, 4) is 0 Å². The summed E-state index contributed by atoms with van der Waals surface area (Å²) in [6.07, 6.45) is 3.85. The molecule has 3 heterocycles. The predicted octanol–water partition coefficient (Wildman–Crippen LogP) is 13.0. The monoisotopic (exact) mass is 719 g/mol. The van der Waals surface area contributed by atoms with Crippen LogP contribution in [0.2, 0.25) is 0 Å². The number of para-hydroxylation sites is 1. The summed E-state index contributed by atoms with van der Waals surface area (Å²) in [6, 6.07) is 62.1. The van der Waals surface area contributed by atoms with Gasteiger partial charge in [-0.3, -0.25) is 4.98 Å². The van der Waals surface area contributed by atoms with Gasteiger partial charge in [0.25, 0.3) is 0 Å². The molecule has 7 aromatic carbocycles. The van der Waals surface area contributed by atoms with Crippen LogP contribution in [0, 0.1) is 27.7 Å². The van der Waals surface area contributed by atoms with Crippen molar-refractivity contribution < 1.29 is 0 Å². The van der Waals surface area contributed by atoms with E-state index >= 15 is 0 Å². The molecule has 2 aliphatic heterocycles. The molecule has 56 heavy (non-hydrogen) atoms. The van der Waals surface area contributed by atoms with Crippen molar-refractivity contribution in [3.63, 3.8) is 0 Å². The lowest BCUT2D eigenvalue weighted by atomic mass is 9.48. The van der Waals surface area contributed by atoms with Gasteiger partial charge in [0.1, 0.15) is 0 Å². The lowest BCUT2D eigenvalue weighted by Gasteiger charge is -2.56. The number of hydrogen-bond acceptors (Lipinski definition) is 3. The second-order valence-electron chi connectivity index (χ2n) is 15.9. The van der Waals surface area contributed by atoms with Crippen molar-refractivity contribution in [1.82, 2.24) is 4.98 Å². The van der Waals surface area contributed by atoms with Crippen molar-refractivity contribution in [1.29, 1.82) is 0 Å². The maximum atomic E-state index is 4.61. The molecule has 1 aromatic heterocycles. The molecule has 0 unspecified atom stereocenters. The number of aromatic nitrogens is 1. The smallest absolute Gasteiger partial charge is 0.0748 e. The Kier molecular flexibility index (Phi) is 6.94. The molecule has 0 bridgehead atoms. The van der Waals surface area contributed by atoms with Gasteiger partial charge in [-0.1, -0.05) is 138 Å². The standard InChI is InChI=1S/C53H41N3/c1-34-20-24-48-44(29-34)52(45-30-35(2)21-25-49(45)55(48)38-13-6-5-7-14-38)40-16-8-10-18-42(40)53(43-19-11-9-17-41(43)52)46-31-36(3)22-26-50(46)56(39-15-12-28-54-33-39)51-27-23-37(4)32-47(51)53/h5-33H,1-4H3. The Morgan fingerprint density at radius 2 is 0.679 bits per heavy atom. The lowest BCUT2D eigenvalue weighted by molar-refractivity contribution is 0.606. The quantitative estimate of drug-likeness (QED) is 0.177. The number of fused-ring (bicyclic) bond motifs is 14. The molecule has 3 aliphatic rings. The first-order valence-corrected chi connectivity index (χ1v) is 19.6. The average molecular weight is 720 g/mol. The molecule has 0 saturated carbocycles. The fourth-order valence-corrected chi connectivity index (χ4v) is 10.5. The summed E-state index contributed by atoms with van der Waals surface area (Å²) in [4.78, 5) is 9.52. The van der Waals surface area contributed by atoms with Crippen LogP contribution < -0.4 is 9.80 Å². The molecule has 2 spiro atoms. The van der Waals surface area contributed by atoms with Gasteiger partial charge < -0.3 is 9.80 Å². The highest BCUT2D eigenvalue weighted by Gasteiger charge is 2.59. The van der Waals surface area contributed by atoms with Gasteiger partial charge in [-0.15, -0.1) is 0 Å². The van der Waals surface area contributed by atoms with E-state index in [9.17, 15) is 0 Å². The summed E-state index contributed by atoms with van der Waals surface area (Å²) in [5.74, 6) is 0. The molecule has 0 saturated heterocycles. The summed E-state index contributed by atoms with van der Waals surface area (Å²) in [5, 5.41) is 0. The van der Waals surface area contributed by atoms with Crippen LogP contribution in [0.3, 0.4) is 0 Å². The largest absolute Gasteiger partial charge is 0.310 e. The van der Waals surface area contributed by atoms with E-state index in [2.05, 4.69) is 200 Å². The number of benzene rings is 7. The van der Waals surface area contributed by atoms with Gasteiger partial charge in [-0.2, -0.15) is 0 Å². The van der Waals surface area contributed by atoms with E-state index in [0.717, 1.165) is 11.4 Å². The second kappa shape index (κ2) is 11.9. The molecular weight excluding hydrogens is 679 g/mol. The van der Waals surface area contributed by atoms with E-state index in [-0.39, 0.29) is 0 Å². The third-order valence-corrected chi connectivity index (χ3v) is 12.6. The van der Waals surface area contributed by atoms with Crippen molar-refractivity contribution in [3.05, 3.63) is 243 Å². The minimum absolute atomic E-state index is 0.610. The van der Waals surface area contributed by atoms with Crippen LogP contribution in [0.25, 0.3) is 0 Å². The third kappa shape index (κ3) is 4.20. The highest BCUT2D eigenvalue weighted by molar-refractivity contribution is 5.95. The maximum absolute atomic E-state index is 4.61. The Bertz CT molecular complexity index is 2520. The van der Waals surface area contributed by atoms with Crippen LogP contribution in [0.4, 0.5) is 34.1 Å². The first-order chi connectivity index (χ1) is 27.4. The maximum Gasteiger partial charge on any atom is 0.0748 e. The second-order valence-corrected chi connectivity index (χ2v) is 15.9. The molecule has 11 rings (SSSR count). The van der Waals surface area contributed by atoms with Crippen LogP contribution in [0.15, 0.2) is 176 Å². The molecule has 0 atom stereocenters. The summed E-state index contributed by atoms with van der Waals surface area (Å²) in [6.45, 7) is 8.93. The predicted molar refractivity (Wildman–Crippen MR) is 230 cm³/mol. The molecule has 0 fully saturated rings. The van der Waals surface area contributed by atoms with E-state index in [4.69, 9.17) is 0 Å². The number of hydrogen-bond donors (Lipinski definition) is 0. The summed E-state index contributed by atoms with van der Waals surface area (Å²) >= 11 is 0. The van der Waals surface area contributed by atoms with Crippen LogP contribution >= 0.6 is 0 Å². The van der Waals surface area contributed by atoms with Crippen LogP contribution in [0.5, 0.6) is 0 Å². The molecule has 3 heteroatoms. The van der Waals surface area contributed by atoms with Gasteiger partial charge in [-0.25, -0.2) is 0 Å². The zero-order valence-corrected chi connectivity index (χ0v) is 32.1. The Balaban J connectivity index is 1.33. The molecule has 8 aromatic rings. The topological polar surface area (TPSA) is 19.4 Å². The van der Waals surface area contributed by atoms with Gasteiger partial charge in [0.15, 0.2) is 0 Å². The first-order valence-electron chi connectivity index (χ1n) is 19.6. The fourth-order valence-electron chi connectivity index (χ4n) is 10.5. The number of nitrogens with zero attached hydrogens (tertiary/aromatic N) is 3. The van der Waals surface area contributed by atoms with Gasteiger partial charge in [-0.05, 0) is 121 Å². The Labute approximate surface area is 329 Å². The minimum atomic E-state index is -0.621. The van der Waals surface area contributed by atoms with Gasteiger partial charge in [0.05, 0.1) is 45.5 Å². The van der Waals surface area contributed by atoms with Crippen molar-refractivity contribution in [2.75, 3.05) is 9.80 Å². The lowest BCUT2D eigenvalue weighted by Crippen LogP contribution is -2.49. The van der Waals surface area contributed by atoms with Crippen LogP contribution in [0.1, 0.15) is 66.8 Å². The van der Waals surface area contributed by atoms with Crippen molar-refractivity contribution in [2.24, 2.45) is 0 Å². The molecule has 1 aliphatic carbocycles. The fraction of sp³-hybridized carbons (Fsp3) is 0.113. The van der Waals surface area contributed by atoms with Crippen molar-refractivity contribution in [2.45, 2.75) is 38.5 Å². The normalized spacial score (nSPS) is 15.0. The SMILES string of the molecule is Cc1ccc2c(c1)C1(c3cc(C)ccc3N2c2ccccc2)c2ccccc2C2(c3cc(C)ccc3N(c3cccnc3)c3ccc(C)cc32)c2ccccc21.